The number of carbonyl (C=O) groups excluding carboxylic acids is 1. The summed E-state index contributed by atoms with van der Waals surface area (Å²) in [6.07, 6.45) is -0.837. The highest BCUT2D eigenvalue weighted by molar-refractivity contribution is 5.97. The van der Waals surface area contributed by atoms with E-state index >= 15 is 0 Å². The lowest BCUT2D eigenvalue weighted by molar-refractivity contribution is -0.122. The van der Waals surface area contributed by atoms with E-state index < -0.39 is 17.8 Å². The highest BCUT2D eigenvalue weighted by atomic mass is 19.1. The van der Waals surface area contributed by atoms with Gasteiger partial charge in [0.1, 0.15) is 17.4 Å². The lowest BCUT2D eigenvalue weighted by Crippen LogP contribution is -2.30. The van der Waals surface area contributed by atoms with Crippen molar-refractivity contribution in [1.82, 2.24) is 10.1 Å². The second kappa shape index (κ2) is 8.74. The zero-order valence-corrected chi connectivity index (χ0v) is 16.4. The SMILES string of the molecule is CC(Oc1ccc(F)cc1)C(=O)Nc1ccccc1-c1nc(-c2ccc(F)cc2)no1. The molecular weight excluding hydrogens is 404 g/mol. The Kier molecular flexibility index (Phi) is 5.70. The van der Waals surface area contributed by atoms with E-state index in [1.165, 1.54) is 36.4 Å². The predicted octanol–water partition coefficient (Wildman–Crippen LogP) is 5.09. The number of anilines is 1. The van der Waals surface area contributed by atoms with E-state index in [-0.39, 0.29) is 11.7 Å². The lowest BCUT2D eigenvalue weighted by Gasteiger charge is -2.15. The van der Waals surface area contributed by atoms with E-state index in [1.807, 2.05) is 0 Å². The summed E-state index contributed by atoms with van der Waals surface area (Å²) in [5.74, 6) is -0.296. The van der Waals surface area contributed by atoms with E-state index in [1.54, 1.807) is 43.3 Å². The smallest absolute Gasteiger partial charge is 0.265 e. The summed E-state index contributed by atoms with van der Waals surface area (Å²) in [7, 11) is 0. The molecule has 1 N–H and O–H groups in total. The van der Waals surface area contributed by atoms with Gasteiger partial charge >= 0.3 is 0 Å². The number of hydrogen-bond donors (Lipinski definition) is 1. The fourth-order valence-electron chi connectivity index (χ4n) is 2.83. The summed E-state index contributed by atoms with van der Waals surface area (Å²) in [5, 5.41) is 6.72. The van der Waals surface area contributed by atoms with Crippen LogP contribution in [0.25, 0.3) is 22.8 Å². The first-order chi connectivity index (χ1) is 15.0. The average molecular weight is 421 g/mol. The fraction of sp³-hybridized carbons (Fsp3) is 0.0870. The maximum atomic E-state index is 13.1. The van der Waals surface area contributed by atoms with Crippen LogP contribution < -0.4 is 10.1 Å². The molecule has 1 heterocycles. The molecule has 4 rings (SSSR count). The third-order valence-electron chi connectivity index (χ3n) is 4.44. The van der Waals surface area contributed by atoms with E-state index in [0.29, 0.717) is 28.4 Å². The van der Waals surface area contributed by atoms with Crippen molar-refractivity contribution >= 4 is 11.6 Å². The first-order valence-electron chi connectivity index (χ1n) is 9.42. The van der Waals surface area contributed by atoms with Crippen molar-refractivity contribution in [3.05, 3.63) is 84.4 Å². The third-order valence-corrected chi connectivity index (χ3v) is 4.44. The number of hydrogen-bond acceptors (Lipinski definition) is 5. The van der Waals surface area contributed by atoms with Crippen molar-refractivity contribution < 1.29 is 22.8 Å². The summed E-state index contributed by atoms with van der Waals surface area (Å²) >= 11 is 0. The standard InChI is InChI=1S/C23H17F2N3O3/c1-14(30-18-12-10-17(25)11-13-18)22(29)26-20-5-3-2-4-19(20)23-27-21(28-31-23)15-6-8-16(24)9-7-15/h2-14H,1H3,(H,26,29). The zero-order valence-electron chi connectivity index (χ0n) is 16.4. The van der Waals surface area contributed by atoms with Crippen molar-refractivity contribution in [2.24, 2.45) is 0 Å². The number of aromatic nitrogens is 2. The Balaban J connectivity index is 1.51. The Labute approximate surface area is 176 Å². The van der Waals surface area contributed by atoms with Crippen LogP contribution >= 0.6 is 0 Å². The molecule has 0 radical (unpaired) electrons. The third kappa shape index (κ3) is 4.75. The van der Waals surface area contributed by atoms with Gasteiger partial charge in [-0.3, -0.25) is 4.79 Å². The zero-order chi connectivity index (χ0) is 21.8. The van der Waals surface area contributed by atoms with Gasteiger partial charge in [-0.15, -0.1) is 0 Å². The van der Waals surface area contributed by atoms with Gasteiger partial charge in [-0.25, -0.2) is 8.78 Å². The van der Waals surface area contributed by atoms with Crippen LogP contribution in [-0.2, 0) is 4.79 Å². The van der Waals surface area contributed by atoms with Crippen LogP contribution in [0.5, 0.6) is 5.75 Å². The van der Waals surface area contributed by atoms with Crippen LogP contribution in [0.4, 0.5) is 14.5 Å². The topological polar surface area (TPSA) is 77.2 Å². The van der Waals surface area contributed by atoms with Gasteiger partial charge < -0.3 is 14.6 Å². The molecule has 3 aromatic carbocycles. The van der Waals surface area contributed by atoms with Crippen molar-refractivity contribution in [2.75, 3.05) is 5.32 Å². The minimum atomic E-state index is -0.837. The number of amides is 1. The Morgan fingerprint density at radius 1 is 0.968 bits per heavy atom. The molecule has 1 atom stereocenters. The van der Waals surface area contributed by atoms with Crippen LogP contribution in [0.1, 0.15) is 6.92 Å². The van der Waals surface area contributed by atoms with Crippen LogP contribution in [0.2, 0.25) is 0 Å². The largest absolute Gasteiger partial charge is 0.481 e. The number of nitrogens with one attached hydrogen (secondary N) is 1. The summed E-state index contributed by atoms with van der Waals surface area (Å²) in [6, 6.07) is 18.1. The molecule has 1 unspecified atom stereocenters. The molecule has 1 aromatic heterocycles. The second-order valence-electron chi connectivity index (χ2n) is 6.68. The number of ether oxygens (including phenoxy) is 1. The molecule has 0 aliphatic heterocycles. The average Bonchev–Trinajstić information content (AvgIpc) is 3.26. The van der Waals surface area contributed by atoms with Crippen LogP contribution in [0, 0.1) is 11.6 Å². The molecule has 0 aliphatic carbocycles. The van der Waals surface area contributed by atoms with Crippen molar-refractivity contribution in [3.63, 3.8) is 0 Å². The predicted molar refractivity (Wildman–Crippen MR) is 110 cm³/mol. The molecular formula is C23H17F2N3O3. The minimum Gasteiger partial charge on any atom is -0.481 e. The highest BCUT2D eigenvalue weighted by Crippen LogP contribution is 2.29. The molecule has 0 fully saturated rings. The van der Waals surface area contributed by atoms with E-state index in [2.05, 4.69) is 15.5 Å². The molecule has 1 amide bonds. The van der Waals surface area contributed by atoms with Crippen molar-refractivity contribution in [2.45, 2.75) is 13.0 Å². The monoisotopic (exact) mass is 421 g/mol. The first-order valence-corrected chi connectivity index (χ1v) is 9.42. The summed E-state index contributed by atoms with van der Waals surface area (Å²) in [5.41, 5.74) is 1.57. The molecule has 4 aromatic rings. The number of nitrogens with zero attached hydrogens (tertiary/aromatic N) is 2. The Bertz CT molecular complexity index is 1190. The molecule has 0 aliphatic rings. The second-order valence-corrected chi connectivity index (χ2v) is 6.68. The fourth-order valence-corrected chi connectivity index (χ4v) is 2.83. The Hall–Kier alpha value is -4.07. The Morgan fingerprint density at radius 2 is 1.61 bits per heavy atom. The molecule has 0 bridgehead atoms. The number of carbonyl (C=O) groups is 1. The normalized spacial score (nSPS) is 11.7. The number of halogens is 2. The molecule has 156 valence electrons. The van der Waals surface area contributed by atoms with Crippen molar-refractivity contribution in [1.29, 1.82) is 0 Å². The molecule has 8 heteroatoms. The van der Waals surface area contributed by atoms with Gasteiger partial charge in [0.05, 0.1) is 11.3 Å². The van der Waals surface area contributed by atoms with E-state index in [0.717, 1.165) is 0 Å². The van der Waals surface area contributed by atoms with Gasteiger partial charge in [-0.05, 0) is 67.6 Å². The molecule has 0 saturated carbocycles. The van der Waals surface area contributed by atoms with Gasteiger partial charge in [0.15, 0.2) is 6.10 Å². The Morgan fingerprint density at radius 3 is 2.32 bits per heavy atom. The molecule has 31 heavy (non-hydrogen) atoms. The first kappa shape index (κ1) is 20.2. The number of benzene rings is 3. The quantitative estimate of drug-likeness (QED) is 0.469. The van der Waals surface area contributed by atoms with E-state index in [4.69, 9.17) is 9.26 Å². The van der Waals surface area contributed by atoms with Crippen LogP contribution in [0.3, 0.4) is 0 Å². The van der Waals surface area contributed by atoms with Gasteiger partial charge in [0.2, 0.25) is 5.82 Å². The summed E-state index contributed by atoms with van der Waals surface area (Å²) in [6.45, 7) is 1.58. The number of rotatable bonds is 6. The van der Waals surface area contributed by atoms with Gasteiger partial charge in [0.25, 0.3) is 11.8 Å². The molecule has 0 spiro atoms. The van der Waals surface area contributed by atoms with Gasteiger partial charge in [-0.2, -0.15) is 4.98 Å². The summed E-state index contributed by atoms with van der Waals surface area (Å²) < 4.78 is 37.1. The van der Waals surface area contributed by atoms with Gasteiger partial charge in [-0.1, -0.05) is 17.3 Å². The highest BCUT2D eigenvalue weighted by Gasteiger charge is 2.19. The van der Waals surface area contributed by atoms with Crippen LogP contribution in [0.15, 0.2) is 77.3 Å². The van der Waals surface area contributed by atoms with E-state index in [9.17, 15) is 13.6 Å². The number of para-hydroxylation sites is 1. The van der Waals surface area contributed by atoms with Crippen LogP contribution in [-0.4, -0.2) is 22.2 Å². The lowest BCUT2D eigenvalue weighted by atomic mass is 10.1. The molecule has 6 nitrogen and oxygen atoms in total. The molecule has 0 saturated heterocycles. The maximum Gasteiger partial charge on any atom is 0.265 e. The minimum absolute atomic E-state index is 0.197. The van der Waals surface area contributed by atoms with Gasteiger partial charge in [0, 0.05) is 5.56 Å². The summed E-state index contributed by atoms with van der Waals surface area (Å²) in [4.78, 5) is 17.0. The van der Waals surface area contributed by atoms with Crippen molar-refractivity contribution in [3.8, 4) is 28.6 Å². The maximum absolute atomic E-state index is 13.1.